The van der Waals surface area contributed by atoms with Gasteiger partial charge in [0.2, 0.25) is 0 Å². The third-order valence-corrected chi connectivity index (χ3v) is 2.58. The van der Waals surface area contributed by atoms with Crippen LogP contribution in [0, 0.1) is 0 Å². The monoisotopic (exact) mass is 283 g/mol. The smallest absolute Gasteiger partial charge is 0.399 e. The number of hydrogen-bond acceptors (Lipinski definition) is 7. The van der Waals surface area contributed by atoms with Crippen molar-refractivity contribution in [2.75, 3.05) is 28.3 Å². The van der Waals surface area contributed by atoms with Crippen molar-refractivity contribution in [2.45, 2.75) is 20.1 Å². The summed E-state index contributed by atoms with van der Waals surface area (Å²) in [5.74, 6) is -0.341. The molecule has 0 rings (SSSR count). The van der Waals surface area contributed by atoms with Crippen LogP contribution < -0.4 is 0 Å². The summed E-state index contributed by atoms with van der Waals surface area (Å²) in [7, 11) is 2.08. The number of carbonyl (C=O) groups is 1. The topological polar surface area (TPSA) is 82.1 Å². The highest BCUT2D eigenvalue weighted by Crippen LogP contribution is 1.99. The van der Waals surface area contributed by atoms with E-state index in [2.05, 4.69) is 14.9 Å². The lowest BCUT2D eigenvalue weighted by Gasteiger charge is -2.19. The van der Waals surface area contributed by atoms with Crippen LogP contribution in [0.15, 0.2) is 12.2 Å². The largest absolute Gasteiger partial charge is 0.443 e. The van der Waals surface area contributed by atoms with Crippen molar-refractivity contribution in [1.29, 1.82) is 0 Å². The Morgan fingerprint density at radius 1 is 1.22 bits per heavy atom. The van der Waals surface area contributed by atoms with Crippen molar-refractivity contribution in [1.82, 2.24) is 4.90 Å². The van der Waals surface area contributed by atoms with Crippen molar-refractivity contribution >= 4 is 16.4 Å². The fourth-order valence-corrected chi connectivity index (χ4v) is 0.565. The quantitative estimate of drug-likeness (QED) is 0.413. The zero-order valence-corrected chi connectivity index (χ0v) is 12.4. The Bertz CT molecular complexity index is 353. The first-order chi connectivity index (χ1) is 8.07. The van der Waals surface area contributed by atoms with Gasteiger partial charge in [-0.05, 0) is 27.9 Å². The van der Waals surface area contributed by atoms with Gasteiger partial charge in [0.25, 0.3) is 0 Å². The van der Waals surface area contributed by atoms with E-state index in [-0.39, 0.29) is 12.2 Å². The normalized spacial score (nSPS) is 12.4. The van der Waals surface area contributed by atoms with Gasteiger partial charge in [-0.15, -0.1) is 0 Å². The minimum absolute atomic E-state index is 0.195. The van der Waals surface area contributed by atoms with E-state index in [9.17, 15) is 13.2 Å². The van der Waals surface area contributed by atoms with Crippen LogP contribution in [0.25, 0.3) is 0 Å². The van der Waals surface area contributed by atoms with E-state index in [4.69, 9.17) is 4.74 Å². The lowest BCUT2D eigenvalue weighted by Crippen LogP contribution is -2.30. The maximum Gasteiger partial charge on any atom is 0.399 e. The summed E-state index contributed by atoms with van der Waals surface area (Å²) < 4.78 is 32.5. The number of rotatable bonds is 5. The Hall–Kier alpha value is -0.960. The summed E-state index contributed by atoms with van der Waals surface area (Å²) >= 11 is 0. The van der Waals surface area contributed by atoms with Gasteiger partial charge in [-0.25, -0.2) is 4.79 Å². The zero-order valence-electron chi connectivity index (χ0n) is 11.6. The summed E-state index contributed by atoms with van der Waals surface area (Å²) in [6.45, 7) is 6.91. The average molecular weight is 283 g/mol. The predicted octanol–water partition coefficient (Wildman–Crippen LogP) is 0.537. The summed E-state index contributed by atoms with van der Waals surface area (Å²) in [5.41, 5.74) is 0.429. The summed E-state index contributed by atoms with van der Waals surface area (Å²) in [6, 6.07) is 0. The second kappa shape index (κ2) is 9.03. The Labute approximate surface area is 109 Å². The Morgan fingerprint density at radius 2 is 1.61 bits per heavy atom. The highest BCUT2D eigenvalue weighted by atomic mass is 32.3. The number of carbonyl (C=O) groups excluding carboxylic acids is 1. The third kappa shape index (κ3) is 10.2. The molecule has 0 aromatic heterocycles. The molecule has 0 aliphatic carbocycles. The molecule has 18 heavy (non-hydrogen) atoms. The molecule has 0 aliphatic rings. The highest BCUT2D eigenvalue weighted by molar-refractivity contribution is 7.81. The number of ether oxygens (including phenoxy) is 1. The Morgan fingerprint density at radius 3 is 1.78 bits per heavy atom. The lowest BCUT2D eigenvalue weighted by atomic mass is 10.4. The molecule has 0 heterocycles. The Kier molecular flexibility index (Phi) is 9.73. The van der Waals surface area contributed by atoms with Gasteiger partial charge in [0.1, 0.15) is 0 Å². The molecule has 1 unspecified atom stereocenters. The first-order valence-electron chi connectivity index (χ1n) is 4.96. The molecule has 0 N–H and O–H groups in total. The molecule has 1 atom stereocenters. The van der Waals surface area contributed by atoms with E-state index >= 15 is 0 Å². The molecule has 0 saturated heterocycles. The van der Waals surface area contributed by atoms with Crippen LogP contribution in [0.5, 0.6) is 0 Å². The summed E-state index contributed by atoms with van der Waals surface area (Å²) in [4.78, 5) is 12.7. The van der Waals surface area contributed by atoms with Crippen LogP contribution in [0.4, 0.5) is 0 Å². The van der Waals surface area contributed by atoms with Gasteiger partial charge < -0.3 is 4.74 Å². The van der Waals surface area contributed by atoms with Crippen LogP contribution in [0.3, 0.4) is 0 Å². The van der Waals surface area contributed by atoms with Gasteiger partial charge in [0.05, 0.1) is 14.2 Å². The molecule has 0 aromatic carbocycles. The van der Waals surface area contributed by atoms with Crippen molar-refractivity contribution in [2.24, 2.45) is 0 Å². The molecule has 0 saturated carbocycles. The van der Waals surface area contributed by atoms with Crippen LogP contribution in [-0.4, -0.2) is 53.8 Å². The van der Waals surface area contributed by atoms with Crippen LogP contribution in [0.2, 0.25) is 0 Å². The predicted molar refractivity (Wildman–Crippen MR) is 67.0 cm³/mol. The summed E-state index contributed by atoms with van der Waals surface area (Å²) in [6.07, 6.45) is -0.195. The molecule has 0 radical (unpaired) electrons. The fraction of sp³-hybridized carbons (Fsp3) is 0.700. The van der Waals surface area contributed by atoms with Gasteiger partial charge >= 0.3 is 16.4 Å². The zero-order chi connectivity index (χ0) is 14.9. The third-order valence-electron chi connectivity index (χ3n) is 1.76. The number of hydrogen-bond donors (Lipinski definition) is 0. The second-order valence-electron chi connectivity index (χ2n) is 3.49. The molecular weight excluding hydrogens is 262 g/mol. The molecule has 0 fully saturated rings. The molecule has 108 valence electrons. The van der Waals surface area contributed by atoms with Crippen LogP contribution >= 0.6 is 0 Å². The lowest BCUT2D eigenvalue weighted by molar-refractivity contribution is -0.150. The van der Waals surface area contributed by atoms with Gasteiger partial charge in [-0.2, -0.15) is 8.42 Å². The molecule has 0 bridgehead atoms. The van der Waals surface area contributed by atoms with Gasteiger partial charge in [-0.3, -0.25) is 13.3 Å². The summed E-state index contributed by atoms with van der Waals surface area (Å²) in [5, 5.41) is 0. The van der Waals surface area contributed by atoms with E-state index in [1.807, 2.05) is 14.1 Å². The number of esters is 1. The first kappa shape index (κ1) is 19.4. The van der Waals surface area contributed by atoms with Gasteiger partial charge in [0.15, 0.2) is 6.23 Å². The van der Waals surface area contributed by atoms with E-state index < -0.39 is 10.4 Å². The maximum absolute atomic E-state index is 10.9. The molecule has 8 heteroatoms. The minimum Gasteiger partial charge on any atom is -0.443 e. The maximum atomic E-state index is 10.9. The first-order valence-corrected chi connectivity index (χ1v) is 6.29. The number of nitrogens with zero attached hydrogens (tertiary/aromatic N) is 1. The van der Waals surface area contributed by atoms with Crippen molar-refractivity contribution in [3.8, 4) is 0 Å². The van der Waals surface area contributed by atoms with Crippen LogP contribution in [-0.2, 0) is 28.3 Å². The van der Waals surface area contributed by atoms with Crippen molar-refractivity contribution in [3.63, 3.8) is 0 Å². The minimum atomic E-state index is -3.66. The van der Waals surface area contributed by atoms with Crippen LogP contribution in [0.1, 0.15) is 13.8 Å². The van der Waals surface area contributed by atoms with Crippen molar-refractivity contribution < 1.29 is 26.3 Å². The second-order valence-corrected chi connectivity index (χ2v) is 4.97. The van der Waals surface area contributed by atoms with E-state index in [0.717, 1.165) is 14.2 Å². The fourth-order valence-electron chi connectivity index (χ4n) is 0.429. The molecule has 0 aliphatic heterocycles. The molecule has 0 aromatic rings. The SMILES string of the molecule is C=C(C)C(=O)OC(C)N(C)C.COS(=O)(=O)OC. The molecule has 0 amide bonds. The van der Waals surface area contributed by atoms with E-state index in [0.29, 0.717) is 5.57 Å². The van der Waals surface area contributed by atoms with E-state index in [1.165, 1.54) is 0 Å². The van der Waals surface area contributed by atoms with Crippen molar-refractivity contribution in [3.05, 3.63) is 12.2 Å². The standard InChI is InChI=1S/C8H15NO2.C2H6O4S/c1-6(2)8(10)11-7(3)9(4)5;1-5-7(3,4)6-2/h7H,1H2,2-5H3;1-2H3. The highest BCUT2D eigenvalue weighted by Gasteiger charge is 2.10. The molecular formula is C10H21NO6S. The van der Waals surface area contributed by atoms with Gasteiger partial charge in [0, 0.05) is 5.57 Å². The van der Waals surface area contributed by atoms with E-state index in [1.54, 1.807) is 18.7 Å². The average Bonchev–Trinajstić information content (AvgIpc) is 2.29. The molecule has 0 spiro atoms. The Balaban J connectivity index is 0. The van der Waals surface area contributed by atoms with Gasteiger partial charge in [-0.1, -0.05) is 6.58 Å². The molecule has 7 nitrogen and oxygen atoms in total.